The fraction of sp³-hybridized carbons (Fsp3) is 0. The Morgan fingerprint density at radius 1 is 0.586 bits per heavy atom. The van der Waals surface area contributed by atoms with Gasteiger partial charge in [-0.1, -0.05) is 66.7 Å². The van der Waals surface area contributed by atoms with E-state index in [1.165, 1.54) is 0 Å². The number of fused-ring (bicyclic) bond motifs is 10. The summed E-state index contributed by atoms with van der Waals surface area (Å²) in [5.41, 5.74) is 5.80. The number of hydrogen-bond acceptors (Lipinski definition) is 2. The van der Waals surface area contributed by atoms with Crippen LogP contribution in [0.5, 0.6) is 0 Å². The smallest absolute Gasteiger partial charge is 0.160 e. The standard InChI is InChI=1S/C26H15NO2/c1-2-8-15(9-3-1)21-14-18-22-17-11-5-7-13-20(17)28-26(22)24-23(25(18)29-21)16-10-4-6-12-19(16)27-24/h1-14,27H. The highest BCUT2D eigenvalue weighted by molar-refractivity contribution is 6.33. The summed E-state index contributed by atoms with van der Waals surface area (Å²) in [6.07, 6.45) is 0. The van der Waals surface area contributed by atoms with Crippen molar-refractivity contribution < 1.29 is 8.83 Å². The first-order valence-corrected chi connectivity index (χ1v) is 9.71. The van der Waals surface area contributed by atoms with E-state index >= 15 is 0 Å². The van der Waals surface area contributed by atoms with Crippen LogP contribution in [0.2, 0.25) is 0 Å². The number of aromatic nitrogens is 1. The second-order valence-corrected chi connectivity index (χ2v) is 7.44. The van der Waals surface area contributed by atoms with Crippen molar-refractivity contribution >= 4 is 54.7 Å². The summed E-state index contributed by atoms with van der Waals surface area (Å²) in [7, 11) is 0. The van der Waals surface area contributed by atoms with Gasteiger partial charge in [-0.3, -0.25) is 0 Å². The van der Waals surface area contributed by atoms with Crippen LogP contribution in [0, 0.1) is 0 Å². The summed E-state index contributed by atoms with van der Waals surface area (Å²) >= 11 is 0. The zero-order valence-electron chi connectivity index (χ0n) is 15.4. The Kier molecular flexibility index (Phi) is 2.74. The molecule has 1 N–H and O–H groups in total. The third-order valence-corrected chi connectivity index (χ3v) is 5.82. The summed E-state index contributed by atoms with van der Waals surface area (Å²) in [5.74, 6) is 0.866. The van der Waals surface area contributed by atoms with Crippen LogP contribution in [0.4, 0.5) is 0 Å². The van der Waals surface area contributed by atoms with Gasteiger partial charge in [0.2, 0.25) is 0 Å². The fourth-order valence-electron chi connectivity index (χ4n) is 4.54. The van der Waals surface area contributed by atoms with Crippen molar-refractivity contribution in [1.82, 2.24) is 4.98 Å². The molecule has 0 atom stereocenters. The molecule has 3 heteroatoms. The van der Waals surface area contributed by atoms with Crippen LogP contribution >= 0.6 is 0 Å². The van der Waals surface area contributed by atoms with Crippen molar-refractivity contribution in [3.63, 3.8) is 0 Å². The molecule has 7 rings (SSSR count). The average molecular weight is 373 g/mol. The van der Waals surface area contributed by atoms with Crippen LogP contribution in [-0.4, -0.2) is 4.98 Å². The number of rotatable bonds is 1. The summed E-state index contributed by atoms with van der Waals surface area (Å²) in [6, 6.07) is 28.9. The Morgan fingerprint density at radius 2 is 1.34 bits per heavy atom. The van der Waals surface area contributed by atoms with Gasteiger partial charge in [0.05, 0.1) is 10.9 Å². The highest BCUT2D eigenvalue weighted by atomic mass is 16.3. The average Bonchev–Trinajstić information content (AvgIpc) is 3.46. The monoisotopic (exact) mass is 373 g/mol. The molecule has 0 aliphatic carbocycles. The number of hydrogen-bond donors (Lipinski definition) is 1. The summed E-state index contributed by atoms with van der Waals surface area (Å²) in [4.78, 5) is 3.57. The van der Waals surface area contributed by atoms with Gasteiger partial charge in [0.15, 0.2) is 5.58 Å². The van der Waals surface area contributed by atoms with Crippen LogP contribution in [-0.2, 0) is 0 Å². The molecule has 7 aromatic rings. The molecule has 3 heterocycles. The molecule has 3 aromatic heterocycles. The molecular formula is C26H15NO2. The molecule has 0 radical (unpaired) electrons. The number of benzene rings is 4. The van der Waals surface area contributed by atoms with Gasteiger partial charge in [-0.15, -0.1) is 0 Å². The van der Waals surface area contributed by atoms with Gasteiger partial charge in [-0.05, 0) is 18.2 Å². The van der Waals surface area contributed by atoms with Gasteiger partial charge in [0, 0.05) is 32.6 Å². The molecule has 0 fully saturated rings. The first-order chi connectivity index (χ1) is 14.4. The Labute approximate surface area is 165 Å². The predicted octanol–water partition coefficient (Wildman–Crippen LogP) is 7.63. The lowest BCUT2D eigenvalue weighted by Crippen LogP contribution is -1.74. The van der Waals surface area contributed by atoms with Crippen molar-refractivity contribution in [2.75, 3.05) is 0 Å². The Morgan fingerprint density at radius 3 is 2.24 bits per heavy atom. The highest BCUT2D eigenvalue weighted by Gasteiger charge is 2.22. The Hall–Kier alpha value is -3.98. The van der Waals surface area contributed by atoms with Crippen molar-refractivity contribution in [2.24, 2.45) is 0 Å². The Balaban J connectivity index is 1.78. The molecule has 4 aromatic carbocycles. The van der Waals surface area contributed by atoms with E-state index in [0.29, 0.717) is 0 Å². The molecule has 0 unspecified atom stereocenters. The van der Waals surface area contributed by atoms with E-state index in [1.807, 2.05) is 36.4 Å². The van der Waals surface area contributed by atoms with Crippen molar-refractivity contribution in [3.05, 3.63) is 84.9 Å². The van der Waals surface area contributed by atoms with Crippen LogP contribution in [0.15, 0.2) is 93.8 Å². The molecule has 29 heavy (non-hydrogen) atoms. The normalized spacial score (nSPS) is 12.1. The van der Waals surface area contributed by atoms with E-state index in [2.05, 4.69) is 53.5 Å². The van der Waals surface area contributed by atoms with Gasteiger partial charge in [-0.2, -0.15) is 0 Å². The van der Waals surface area contributed by atoms with Gasteiger partial charge in [0.25, 0.3) is 0 Å². The maximum Gasteiger partial charge on any atom is 0.160 e. The summed E-state index contributed by atoms with van der Waals surface area (Å²) in [6.45, 7) is 0. The van der Waals surface area contributed by atoms with E-state index in [4.69, 9.17) is 8.83 Å². The third kappa shape index (κ3) is 1.91. The highest BCUT2D eigenvalue weighted by Crippen LogP contribution is 2.45. The lowest BCUT2D eigenvalue weighted by molar-refractivity contribution is 0.635. The zero-order chi connectivity index (χ0) is 18.9. The van der Waals surface area contributed by atoms with E-state index in [-0.39, 0.29) is 0 Å². The quantitative estimate of drug-likeness (QED) is 0.321. The minimum atomic E-state index is 0.866. The topological polar surface area (TPSA) is 42.1 Å². The second kappa shape index (κ2) is 5.30. The molecule has 0 spiro atoms. The van der Waals surface area contributed by atoms with E-state index < -0.39 is 0 Å². The summed E-state index contributed by atoms with van der Waals surface area (Å²) < 4.78 is 12.8. The molecule has 0 bridgehead atoms. The maximum absolute atomic E-state index is 6.50. The van der Waals surface area contributed by atoms with Crippen LogP contribution in [0.3, 0.4) is 0 Å². The zero-order valence-corrected chi connectivity index (χ0v) is 15.4. The molecule has 136 valence electrons. The molecule has 0 saturated heterocycles. The fourth-order valence-corrected chi connectivity index (χ4v) is 4.54. The molecule has 0 amide bonds. The predicted molar refractivity (Wildman–Crippen MR) is 118 cm³/mol. The second-order valence-electron chi connectivity index (χ2n) is 7.44. The summed E-state index contributed by atoms with van der Waals surface area (Å²) in [5, 5.41) is 5.50. The van der Waals surface area contributed by atoms with E-state index in [1.54, 1.807) is 0 Å². The first kappa shape index (κ1) is 15.0. The number of furan rings is 2. The number of aromatic amines is 1. The van der Waals surface area contributed by atoms with Crippen molar-refractivity contribution in [2.45, 2.75) is 0 Å². The molecular weight excluding hydrogens is 358 g/mol. The van der Waals surface area contributed by atoms with Crippen molar-refractivity contribution in [3.8, 4) is 11.3 Å². The molecule has 0 aliphatic rings. The number of nitrogens with one attached hydrogen (secondary N) is 1. The molecule has 0 aliphatic heterocycles. The van der Waals surface area contributed by atoms with Gasteiger partial charge in [0.1, 0.15) is 16.9 Å². The van der Waals surface area contributed by atoms with Crippen LogP contribution in [0.25, 0.3) is 66.0 Å². The third-order valence-electron chi connectivity index (χ3n) is 5.82. The SMILES string of the molecule is c1ccc(-c2cc3c(o2)c2c4ccccc4[nH]c2c2oc4ccccc4c32)cc1. The minimum Gasteiger partial charge on any atom is -0.455 e. The van der Waals surface area contributed by atoms with E-state index in [9.17, 15) is 0 Å². The maximum atomic E-state index is 6.50. The van der Waals surface area contributed by atoms with Crippen LogP contribution < -0.4 is 0 Å². The first-order valence-electron chi connectivity index (χ1n) is 9.71. The van der Waals surface area contributed by atoms with Gasteiger partial charge >= 0.3 is 0 Å². The lowest BCUT2D eigenvalue weighted by atomic mass is 10.0. The van der Waals surface area contributed by atoms with E-state index in [0.717, 1.165) is 66.0 Å². The van der Waals surface area contributed by atoms with Crippen LogP contribution in [0.1, 0.15) is 0 Å². The lowest BCUT2D eigenvalue weighted by Gasteiger charge is -1.97. The van der Waals surface area contributed by atoms with Crippen molar-refractivity contribution in [1.29, 1.82) is 0 Å². The molecule has 3 nitrogen and oxygen atoms in total. The Bertz CT molecular complexity index is 1590. The number of H-pyrrole nitrogens is 1. The largest absolute Gasteiger partial charge is 0.455 e. The molecule has 0 saturated carbocycles. The van der Waals surface area contributed by atoms with Gasteiger partial charge < -0.3 is 13.8 Å². The number of para-hydroxylation sites is 2. The van der Waals surface area contributed by atoms with Gasteiger partial charge in [-0.25, -0.2) is 0 Å². The minimum absolute atomic E-state index is 0.866.